The maximum atomic E-state index is 13.2. The number of thiocarbonyl (C=S) groups is 1. The molecule has 0 aliphatic carbocycles. The van der Waals surface area contributed by atoms with Crippen molar-refractivity contribution in [2.45, 2.75) is 0 Å². The highest BCUT2D eigenvalue weighted by Gasteiger charge is 2.37. The van der Waals surface area contributed by atoms with E-state index in [2.05, 4.69) is 5.32 Å². The third-order valence-electron chi connectivity index (χ3n) is 3.72. The number of hydrogen-bond donors (Lipinski definition) is 2. The van der Waals surface area contributed by atoms with Gasteiger partial charge in [-0.2, -0.15) is 0 Å². The number of sulfonamides is 1. The molecule has 0 aromatic heterocycles. The van der Waals surface area contributed by atoms with Crippen LogP contribution in [0.4, 0.5) is 15.8 Å². The average molecular weight is 399 g/mol. The molecule has 0 saturated heterocycles. The Labute approximate surface area is 154 Å². The quantitative estimate of drug-likeness (QED) is 0.750. The summed E-state index contributed by atoms with van der Waals surface area (Å²) < 4.78 is 39.8. The lowest BCUT2D eigenvalue weighted by molar-refractivity contribution is 0.509. The molecule has 25 heavy (non-hydrogen) atoms. The predicted molar refractivity (Wildman–Crippen MR) is 101 cm³/mol. The second-order valence-corrected chi connectivity index (χ2v) is 7.97. The van der Waals surface area contributed by atoms with Crippen molar-refractivity contribution in [1.29, 1.82) is 0 Å². The molecule has 0 atom stereocenters. The molecule has 5 nitrogen and oxygen atoms in total. The highest BCUT2D eigenvalue weighted by molar-refractivity contribution is 7.99. The molecule has 1 aliphatic rings. The lowest BCUT2D eigenvalue weighted by atomic mass is 10.1. The van der Waals surface area contributed by atoms with E-state index >= 15 is 0 Å². The van der Waals surface area contributed by atoms with E-state index in [0.717, 1.165) is 10.4 Å². The third kappa shape index (κ3) is 2.97. The van der Waals surface area contributed by atoms with E-state index in [1.165, 1.54) is 19.2 Å². The van der Waals surface area contributed by atoms with Gasteiger partial charge in [-0.25, -0.2) is 12.8 Å². The summed E-state index contributed by atoms with van der Waals surface area (Å²) in [5.74, 6) is -1.06. The molecule has 130 valence electrons. The van der Waals surface area contributed by atoms with Crippen molar-refractivity contribution >= 4 is 56.0 Å². The van der Waals surface area contributed by atoms with Gasteiger partial charge in [0.2, 0.25) is 0 Å². The maximum Gasteiger partial charge on any atom is 0.270 e. The molecule has 9 heteroatoms. The lowest BCUT2D eigenvalue weighted by Gasteiger charge is -2.29. The van der Waals surface area contributed by atoms with E-state index in [1.54, 1.807) is 24.3 Å². The summed E-state index contributed by atoms with van der Waals surface area (Å²) in [6, 6.07) is 10.3. The van der Waals surface area contributed by atoms with Crippen molar-refractivity contribution in [2.24, 2.45) is 0 Å². The summed E-state index contributed by atoms with van der Waals surface area (Å²) in [5, 5.41) is 13.0. The molecule has 0 fully saturated rings. The van der Waals surface area contributed by atoms with Gasteiger partial charge in [0, 0.05) is 18.3 Å². The zero-order chi connectivity index (χ0) is 18.4. The Bertz CT molecular complexity index is 1020. The molecular formula is C16H12ClFN2O3S2. The van der Waals surface area contributed by atoms with Gasteiger partial charge in [-0.15, -0.1) is 0 Å². The minimum Gasteiger partial charge on any atom is -0.506 e. The number of fused-ring (bicyclic) bond motifs is 1. The van der Waals surface area contributed by atoms with Gasteiger partial charge in [0.25, 0.3) is 10.0 Å². The van der Waals surface area contributed by atoms with Crippen LogP contribution in [0.1, 0.15) is 5.56 Å². The fraction of sp³-hybridized carbons (Fsp3) is 0.0625. The van der Waals surface area contributed by atoms with E-state index < -0.39 is 26.5 Å². The summed E-state index contributed by atoms with van der Waals surface area (Å²) >= 11 is 10.9. The SMILES string of the molecule is CN1c2ccccc2C(O)=C(C(=S)Nc2ccc(F)c(Cl)c2)S1(=O)=O. The highest BCUT2D eigenvalue weighted by Crippen LogP contribution is 2.37. The van der Waals surface area contributed by atoms with Crippen LogP contribution in [0, 0.1) is 5.82 Å². The van der Waals surface area contributed by atoms with E-state index in [4.69, 9.17) is 23.8 Å². The van der Waals surface area contributed by atoms with Crippen LogP contribution in [-0.2, 0) is 10.0 Å². The fourth-order valence-corrected chi connectivity index (χ4v) is 4.49. The molecule has 2 N–H and O–H groups in total. The van der Waals surface area contributed by atoms with E-state index in [9.17, 15) is 17.9 Å². The monoisotopic (exact) mass is 398 g/mol. The van der Waals surface area contributed by atoms with Crippen molar-refractivity contribution < 1.29 is 17.9 Å². The van der Waals surface area contributed by atoms with Crippen molar-refractivity contribution in [2.75, 3.05) is 16.7 Å². The number of anilines is 2. The Morgan fingerprint density at radius 1 is 1.28 bits per heavy atom. The maximum absolute atomic E-state index is 13.2. The van der Waals surface area contributed by atoms with Crippen LogP contribution in [0.2, 0.25) is 5.02 Å². The number of halogens is 2. The van der Waals surface area contributed by atoms with Crippen LogP contribution in [-0.4, -0.2) is 25.6 Å². The Balaban J connectivity index is 2.07. The number of benzene rings is 2. The van der Waals surface area contributed by atoms with Crippen molar-refractivity contribution in [3.63, 3.8) is 0 Å². The largest absolute Gasteiger partial charge is 0.506 e. The first-order valence-corrected chi connectivity index (χ1v) is 9.24. The zero-order valence-electron chi connectivity index (χ0n) is 12.8. The number of aliphatic hydroxyl groups excluding tert-OH is 1. The van der Waals surface area contributed by atoms with Crippen LogP contribution in [0.15, 0.2) is 47.4 Å². The summed E-state index contributed by atoms with van der Waals surface area (Å²) in [5.41, 5.74) is 0.987. The van der Waals surface area contributed by atoms with Crippen molar-refractivity contribution in [1.82, 2.24) is 0 Å². The topological polar surface area (TPSA) is 69.6 Å². The van der Waals surface area contributed by atoms with E-state index in [-0.39, 0.29) is 10.0 Å². The highest BCUT2D eigenvalue weighted by atomic mass is 35.5. The van der Waals surface area contributed by atoms with Crippen LogP contribution >= 0.6 is 23.8 Å². The minimum absolute atomic E-state index is 0.139. The second-order valence-electron chi connectivity index (χ2n) is 5.25. The first kappa shape index (κ1) is 17.7. The molecule has 0 radical (unpaired) electrons. The average Bonchev–Trinajstić information content (AvgIpc) is 2.56. The van der Waals surface area contributed by atoms with Crippen molar-refractivity contribution in [3.8, 4) is 0 Å². The Kier molecular flexibility index (Phi) is 4.44. The number of para-hydroxylation sites is 1. The van der Waals surface area contributed by atoms with Crippen LogP contribution in [0.3, 0.4) is 0 Å². The molecule has 0 saturated carbocycles. The molecule has 3 rings (SSSR count). The Hall–Kier alpha value is -2.16. The number of nitrogens with zero attached hydrogens (tertiary/aromatic N) is 1. The van der Waals surface area contributed by atoms with Gasteiger partial charge in [0.15, 0.2) is 4.91 Å². The number of hydrogen-bond acceptors (Lipinski definition) is 4. The lowest BCUT2D eigenvalue weighted by Crippen LogP contribution is -2.36. The second kappa shape index (κ2) is 6.29. The normalized spacial score (nSPS) is 15.7. The van der Waals surface area contributed by atoms with Gasteiger partial charge in [-0.3, -0.25) is 4.31 Å². The summed E-state index contributed by atoms with van der Waals surface area (Å²) in [7, 11) is -2.68. The van der Waals surface area contributed by atoms with Crippen LogP contribution in [0.5, 0.6) is 0 Å². The zero-order valence-corrected chi connectivity index (χ0v) is 15.2. The molecule has 0 spiro atoms. The van der Waals surface area contributed by atoms with Gasteiger partial charge < -0.3 is 10.4 Å². The number of aliphatic hydroxyl groups is 1. The smallest absolute Gasteiger partial charge is 0.270 e. The van der Waals surface area contributed by atoms with Crippen molar-refractivity contribution in [3.05, 3.63) is 63.8 Å². The third-order valence-corrected chi connectivity index (χ3v) is 6.27. The van der Waals surface area contributed by atoms with E-state index in [1.807, 2.05) is 0 Å². The standard InChI is InChI=1S/C16H12ClFN2O3S2/c1-20-13-5-3-2-4-10(13)14(21)15(25(20,22)23)16(24)19-9-6-7-12(18)11(17)8-9/h2-8,21H,1H3,(H,19,24). The molecule has 0 amide bonds. The van der Waals surface area contributed by atoms with Gasteiger partial charge in [0.1, 0.15) is 16.6 Å². The molecule has 1 heterocycles. The fourth-order valence-electron chi connectivity index (χ4n) is 2.45. The Morgan fingerprint density at radius 2 is 1.96 bits per heavy atom. The van der Waals surface area contributed by atoms with Gasteiger partial charge in [0.05, 0.1) is 10.7 Å². The van der Waals surface area contributed by atoms with E-state index in [0.29, 0.717) is 16.9 Å². The molecule has 2 aromatic carbocycles. The van der Waals surface area contributed by atoms with Crippen LogP contribution in [0.25, 0.3) is 5.76 Å². The van der Waals surface area contributed by atoms with Gasteiger partial charge in [-0.05, 0) is 30.3 Å². The van der Waals surface area contributed by atoms with Gasteiger partial charge >= 0.3 is 0 Å². The molecular weight excluding hydrogens is 387 g/mol. The first-order chi connectivity index (χ1) is 11.7. The predicted octanol–water partition coefficient (Wildman–Crippen LogP) is 3.92. The summed E-state index contributed by atoms with van der Waals surface area (Å²) in [6.07, 6.45) is 0. The molecule has 1 aliphatic heterocycles. The number of rotatable bonds is 2. The minimum atomic E-state index is -4.05. The summed E-state index contributed by atoms with van der Waals surface area (Å²) in [6.45, 7) is 0. The Morgan fingerprint density at radius 3 is 2.64 bits per heavy atom. The molecule has 2 aromatic rings. The summed E-state index contributed by atoms with van der Waals surface area (Å²) in [4.78, 5) is -0.648. The van der Waals surface area contributed by atoms with Gasteiger partial charge in [-0.1, -0.05) is 36.0 Å². The number of nitrogens with one attached hydrogen (secondary N) is 1. The molecule has 0 unspecified atom stereocenters. The first-order valence-electron chi connectivity index (χ1n) is 7.01. The van der Waals surface area contributed by atoms with Crippen LogP contribution < -0.4 is 9.62 Å². The molecule has 0 bridgehead atoms.